The highest BCUT2D eigenvalue weighted by molar-refractivity contribution is 7.80. The Balaban J connectivity index is 2.16. The normalized spacial score (nSPS) is 20.8. The second-order valence-electron chi connectivity index (χ2n) is 3.52. The summed E-state index contributed by atoms with van der Waals surface area (Å²) in [5.74, 6) is -0.0156. The molecule has 1 fully saturated rings. The molecule has 4 nitrogen and oxygen atoms in total. The lowest BCUT2D eigenvalue weighted by molar-refractivity contribution is 0.0841. The van der Waals surface area contributed by atoms with Gasteiger partial charge in [0.05, 0.1) is 13.2 Å². The molecule has 0 spiro atoms. The van der Waals surface area contributed by atoms with Crippen molar-refractivity contribution in [3.63, 3.8) is 0 Å². The fourth-order valence-corrected chi connectivity index (χ4v) is 1.77. The molecule has 2 N–H and O–H groups in total. The maximum Gasteiger partial charge on any atom is 0.165 e. The van der Waals surface area contributed by atoms with Crippen LogP contribution >= 0.6 is 12.2 Å². The molecule has 6 heteroatoms. The zero-order valence-electron chi connectivity index (χ0n) is 8.60. The Hall–Kier alpha value is -1.27. The van der Waals surface area contributed by atoms with Gasteiger partial charge in [0.25, 0.3) is 0 Å². The van der Waals surface area contributed by atoms with E-state index in [2.05, 4.69) is 4.98 Å². The summed E-state index contributed by atoms with van der Waals surface area (Å²) in [5, 5.41) is 0. The van der Waals surface area contributed by atoms with E-state index in [-0.39, 0.29) is 11.9 Å². The van der Waals surface area contributed by atoms with Gasteiger partial charge in [-0.15, -0.1) is 0 Å². The summed E-state index contributed by atoms with van der Waals surface area (Å²) in [4.78, 5) is 6.09. The summed E-state index contributed by atoms with van der Waals surface area (Å²) in [5.41, 5.74) is 5.51. The van der Waals surface area contributed by atoms with E-state index in [1.807, 2.05) is 0 Å². The van der Waals surface area contributed by atoms with Crippen molar-refractivity contribution in [2.45, 2.75) is 6.10 Å². The minimum absolute atomic E-state index is 0.293. The fourth-order valence-electron chi connectivity index (χ4n) is 1.62. The second-order valence-corrected chi connectivity index (χ2v) is 3.99. The van der Waals surface area contributed by atoms with Gasteiger partial charge in [0.2, 0.25) is 0 Å². The number of nitrogens with zero attached hydrogens (tertiary/aromatic N) is 2. The Bertz CT molecular complexity index is 401. The van der Waals surface area contributed by atoms with Crippen molar-refractivity contribution in [1.82, 2.24) is 4.98 Å². The van der Waals surface area contributed by atoms with Crippen LogP contribution in [0.5, 0.6) is 0 Å². The van der Waals surface area contributed by atoms with Crippen LogP contribution in [0.4, 0.5) is 10.2 Å². The quantitative estimate of drug-likeness (QED) is 0.773. The molecule has 1 aromatic heterocycles. The van der Waals surface area contributed by atoms with Gasteiger partial charge in [-0.05, 0) is 12.1 Å². The molecule has 0 aliphatic carbocycles. The molecule has 16 heavy (non-hydrogen) atoms. The fraction of sp³-hybridized carbons (Fsp3) is 0.400. The summed E-state index contributed by atoms with van der Waals surface area (Å²) >= 11 is 4.86. The standard InChI is InChI=1S/C10H12FN3OS/c11-7-2-1-3-13-10(7)14-4-5-15-8(6-14)9(12)16/h1-3,8H,4-6H2,(H2,12,16). The van der Waals surface area contributed by atoms with E-state index >= 15 is 0 Å². The number of thiocarbonyl (C=S) groups is 1. The third-order valence-corrected chi connectivity index (χ3v) is 2.69. The third-order valence-electron chi connectivity index (χ3n) is 2.42. The average molecular weight is 241 g/mol. The van der Waals surface area contributed by atoms with Crippen molar-refractivity contribution in [2.24, 2.45) is 5.73 Å². The number of aromatic nitrogens is 1. The van der Waals surface area contributed by atoms with Crippen LogP contribution in [-0.4, -0.2) is 35.8 Å². The first-order valence-electron chi connectivity index (χ1n) is 4.95. The Morgan fingerprint density at radius 1 is 1.69 bits per heavy atom. The molecule has 1 atom stereocenters. The van der Waals surface area contributed by atoms with Gasteiger partial charge in [0.1, 0.15) is 11.1 Å². The van der Waals surface area contributed by atoms with Crippen LogP contribution < -0.4 is 10.6 Å². The Morgan fingerprint density at radius 3 is 3.19 bits per heavy atom. The molecule has 1 unspecified atom stereocenters. The van der Waals surface area contributed by atoms with E-state index in [1.54, 1.807) is 17.2 Å². The molecule has 86 valence electrons. The van der Waals surface area contributed by atoms with Crippen LogP contribution in [0.15, 0.2) is 18.3 Å². The number of pyridine rings is 1. The molecule has 0 radical (unpaired) electrons. The number of hydrogen-bond acceptors (Lipinski definition) is 4. The van der Waals surface area contributed by atoms with Gasteiger partial charge in [-0.2, -0.15) is 0 Å². The number of rotatable bonds is 2. The Labute approximate surface area is 98.2 Å². The minimum Gasteiger partial charge on any atom is -0.391 e. The Kier molecular flexibility index (Phi) is 3.31. The van der Waals surface area contributed by atoms with Crippen LogP contribution in [0.2, 0.25) is 0 Å². The average Bonchev–Trinajstić information content (AvgIpc) is 2.30. The van der Waals surface area contributed by atoms with Gasteiger partial charge in [0.15, 0.2) is 11.6 Å². The van der Waals surface area contributed by atoms with E-state index < -0.39 is 0 Å². The first-order valence-corrected chi connectivity index (χ1v) is 5.35. The zero-order chi connectivity index (χ0) is 11.5. The monoisotopic (exact) mass is 241 g/mol. The van der Waals surface area contributed by atoms with Gasteiger partial charge in [-0.1, -0.05) is 12.2 Å². The first kappa shape index (κ1) is 11.2. The summed E-state index contributed by atoms with van der Waals surface area (Å²) in [6.45, 7) is 1.51. The molecule has 1 aliphatic heterocycles. The number of hydrogen-bond donors (Lipinski definition) is 1. The van der Waals surface area contributed by atoms with Crippen LogP contribution in [0, 0.1) is 5.82 Å². The summed E-state index contributed by atoms with van der Waals surface area (Å²) < 4.78 is 18.9. The van der Waals surface area contributed by atoms with E-state index in [9.17, 15) is 4.39 Å². The molecule has 2 heterocycles. The number of halogens is 1. The van der Waals surface area contributed by atoms with E-state index in [4.69, 9.17) is 22.7 Å². The van der Waals surface area contributed by atoms with E-state index in [0.717, 1.165) is 0 Å². The summed E-state index contributed by atoms with van der Waals surface area (Å²) in [7, 11) is 0. The van der Waals surface area contributed by atoms with Gasteiger partial charge < -0.3 is 15.4 Å². The minimum atomic E-state index is -0.342. The van der Waals surface area contributed by atoms with Crippen LogP contribution in [0.3, 0.4) is 0 Å². The lowest BCUT2D eigenvalue weighted by Crippen LogP contribution is -2.48. The van der Waals surface area contributed by atoms with E-state index in [0.29, 0.717) is 30.5 Å². The zero-order valence-corrected chi connectivity index (χ0v) is 9.41. The number of morpholine rings is 1. The van der Waals surface area contributed by atoms with Crippen molar-refractivity contribution in [3.05, 3.63) is 24.1 Å². The maximum absolute atomic E-state index is 13.5. The molecule has 0 aromatic carbocycles. The molecule has 0 bridgehead atoms. The summed E-state index contributed by atoms with van der Waals surface area (Å²) in [6.07, 6.45) is 1.23. The van der Waals surface area contributed by atoms with Crippen LogP contribution in [0.25, 0.3) is 0 Å². The lowest BCUT2D eigenvalue weighted by atomic mass is 10.2. The lowest BCUT2D eigenvalue weighted by Gasteiger charge is -2.33. The highest BCUT2D eigenvalue weighted by Gasteiger charge is 2.24. The molecular formula is C10H12FN3OS. The van der Waals surface area contributed by atoms with Crippen molar-refractivity contribution in [3.8, 4) is 0 Å². The Morgan fingerprint density at radius 2 is 2.50 bits per heavy atom. The van der Waals surface area contributed by atoms with Crippen LogP contribution in [0.1, 0.15) is 0 Å². The SMILES string of the molecule is NC(=S)C1CN(c2ncccc2F)CCO1. The first-order chi connectivity index (χ1) is 7.68. The van der Waals surface area contributed by atoms with Gasteiger partial charge in [0, 0.05) is 12.7 Å². The van der Waals surface area contributed by atoms with Crippen molar-refractivity contribution in [2.75, 3.05) is 24.6 Å². The van der Waals surface area contributed by atoms with Gasteiger partial charge >= 0.3 is 0 Å². The highest BCUT2D eigenvalue weighted by Crippen LogP contribution is 2.18. The maximum atomic E-state index is 13.5. The second kappa shape index (κ2) is 4.71. The third kappa shape index (κ3) is 2.28. The largest absolute Gasteiger partial charge is 0.391 e. The molecule has 0 amide bonds. The topological polar surface area (TPSA) is 51.4 Å². The molecule has 2 rings (SSSR count). The van der Waals surface area contributed by atoms with Crippen LogP contribution in [-0.2, 0) is 4.74 Å². The molecular weight excluding hydrogens is 229 g/mol. The number of nitrogens with two attached hydrogens (primary N) is 1. The molecule has 0 saturated carbocycles. The molecule has 1 aromatic rings. The summed E-state index contributed by atoms with van der Waals surface area (Å²) in [6, 6.07) is 2.94. The number of anilines is 1. The smallest absolute Gasteiger partial charge is 0.165 e. The van der Waals surface area contributed by atoms with E-state index in [1.165, 1.54) is 6.07 Å². The predicted octanol–water partition coefficient (Wildman–Crippen LogP) is 0.712. The predicted molar refractivity (Wildman–Crippen MR) is 62.9 cm³/mol. The van der Waals surface area contributed by atoms with Gasteiger partial charge in [-0.3, -0.25) is 0 Å². The number of ether oxygens (including phenoxy) is 1. The molecule has 1 aliphatic rings. The highest BCUT2D eigenvalue weighted by atomic mass is 32.1. The molecule has 1 saturated heterocycles. The van der Waals surface area contributed by atoms with Gasteiger partial charge in [-0.25, -0.2) is 9.37 Å². The van der Waals surface area contributed by atoms with Crippen molar-refractivity contribution < 1.29 is 9.13 Å². The van der Waals surface area contributed by atoms with Crippen molar-refractivity contribution in [1.29, 1.82) is 0 Å². The van der Waals surface area contributed by atoms with Crippen molar-refractivity contribution >= 4 is 23.0 Å².